The van der Waals surface area contributed by atoms with Crippen LogP contribution in [0.3, 0.4) is 0 Å². The molecule has 2 unspecified atom stereocenters. The number of carboxylic acids is 1. The minimum atomic E-state index is -3.35. The van der Waals surface area contributed by atoms with E-state index in [0.717, 1.165) is 0 Å². The molecule has 1 N–H and O–H groups in total. The van der Waals surface area contributed by atoms with Crippen LogP contribution in [-0.4, -0.2) is 50.3 Å². The second kappa shape index (κ2) is 6.51. The standard InChI is InChI=1S/C12H19FO6S/c1-2-19-11(16)12(10(14)15,5-3-6-13)9-4-7-20(17,18)8-9/h9H,2-8H2,1H3,(H,14,15). The maximum Gasteiger partial charge on any atom is 0.323 e. The normalized spacial score (nSPS) is 24.0. The van der Waals surface area contributed by atoms with Crippen LogP contribution in [0, 0.1) is 11.3 Å². The summed E-state index contributed by atoms with van der Waals surface area (Å²) in [5.74, 6) is -3.79. The molecule has 6 nitrogen and oxygen atoms in total. The smallest absolute Gasteiger partial charge is 0.323 e. The zero-order chi connectivity index (χ0) is 15.4. The Bertz CT molecular complexity index is 474. The number of hydrogen-bond donors (Lipinski definition) is 1. The van der Waals surface area contributed by atoms with Gasteiger partial charge in [0, 0.05) is 5.92 Å². The van der Waals surface area contributed by atoms with E-state index in [-0.39, 0.29) is 37.4 Å². The summed E-state index contributed by atoms with van der Waals surface area (Å²) in [5, 5.41) is 9.46. The first-order chi connectivity index (χ1) is 9.30. The van der Waals surface area contributed by atoms with E-state index in [9.17, 15) is 27.5 Å². The third-order valence-electron chi connectivity index (χ3n) is 3.66. The van der Waals surface area contributed by atoms with Crippen molar-refractivity contribution in [1.82, 2.24) is 0 Å². The summed E-state index contributed by atoms with van der Waals surface area (Å²) in [4.78, 5) is 23.7. The summed E-state index contributed by atoms with van der Waals surface area (Å²) in [6, 6.07) is 0. The van der Waals surface area contributed by atoms with E-state index in [0.29, 0.717) is 0 Å². The van der Waals surface area contributed by atoms with E-state index < -0.39 is 39.8 Å². The highest BCUT2D eigenvalue weighted by Crippen LogP contribution is 2.41. The molecule has 0 aromatic rings. The van der Waals surface area contributed by atoms with E-state index in [1.54, 1.807) is 0 Å². The first-order valence-corrected chi connectivity index (χ1v) is 8.29. The fraction of sp³-hybridized carbons (Fsp3) is 0.833. The number of carboxylic acid groups (broad SMARTS) is 1. The Labute approximate surface area is 117 Å². The van der Waals surface area contributed by atoms with Crippen LogP contribution in [0.5, 0.6) is 0 Å². The molecule has 8 heteroatoms. The SMILES string of the molecule is CCOC(=O)C(CCCF)(C(=O)O)C1CCS(=O)(=O)C1. The molecule has 0 spiro atoms. The summed E-state index contributed by atoms with van der Waals surface area (Å²) in [6.45, 7) is 0.752. The van der Waals surface area contributed by atoms with Crippen molar-refractivity contribution in [2.45, 2.75) is 26.2 Å². The molecule has 1 heterocycles. The zero-order valence-corrected chi connectivity index (χ0v) is 12.1. The lowest BCUT2D eigenvalue weighted by Gasteiger charge is -2.31. The lowest BCUT2D eigenvalue weighted by Crippen LogP contribution is -2.47. The monoisotopic (exact) mass is 310 g/mol. The molecule has 0 aromatic carbocycles. The Morgan fingerprint density at radius 2 is 2.10 bits per heavy atom. The van der Waals surface area contributed by atoms with Gasteiger partial charge in [-0.25, -0.2) is 8.42 Å². The molecule has 1 rings (SSSR count). The number of ether oxygens (including phenoxy) is 1. The molecule has 1 saturated heterocycles. The molecule has 1 aliphatic rings. The van der Waals surface area contributed by atoms with Crippen LogP contribution in [-0.2, 0) is 24.2 Å². The van der Waals surface area contributed by atoms with Gasteiger partial charge >= 0.3 is 11.9 Å². The fourth-order valence-electron chi connectivity index (χ4n) is 2.63. The Morgan fingerprint density at radius 1 is 1.45 bits per heavy atom. The van der Waals surface area contributed by atoms with Crippen LogP contribution in [0.2, 0.25) is 0 Å². The third kappa shape index (κ3) is 3.28. The molecule has 0 saturated carbocycles. The minimum Gasteiger partial charge on any atom is -0.480 e. The van der Waals surface area contributed by atoms with Gasteiger partial charge in [-0.05, 0) is 26.2 Å². The average molecular weight is 310 g/mol. The Morgan fingerprint density at radius 3 is 2.50 bits per heavy atom. The molecular weight excluding hydrogens is 291 g/mol. The highest BCUT2D eigenvalue weighted by molar-refractivity contribution is 7.91. The number of esters is 1. The van der Waals surface area contributed by atoms with Crippen LogP contribution < -0.4 is 0 Å². The summed E-state index contributed by atoms with van der Waals surface area (Å²) in [5.41, 5.74) is -1.97. The maximum absolute atomic E-state index is 12.4. The van der Waals surface area contributed by atoms with Crippen molar-refractivity contribution in [3.05, 3.63) is 0 Å². The molecular formula is C12H19FO6S. The maximum atomic E-state index is 12.4. The number of alkyl halides is 1. The van der Waals surface area contributed by atoms with Crippen molar-refractivity contribution in [2.24, 2.45) is 11.3 Å². The average Bonchev–Trinajstić information content (AvgIpc) is 2.71. The first-order valence-electron chi connectivity index (χ1n) is 6.47. The number of sulfone groups is 1. The molecule has 0 radical (unpaired) electrons. The molecule has 0 amide bonds. The second-order valence-electron chi connectivity index (χ2n) is 4.89. The molecule has 116 valence electrons. The predicted molar refractivity (Wildman–Crippen MR) is 68.7 cm³/mol. The molecule has 0 aromatic heterocycles. The summed E-state index contributed by atoms with van der Waals surface area (Å²) in [7, 11) is -3.35. The van der Waals surface area contributed by atoms with Crippen molar-refractivity contribution in [1.29, 1.82) is 0 Å². The van der Waals surface area contributed by atoms with Gasteiger partial charge in [0.25, 0.3) is 0 Å². The highest BCUT2D eigenvalue weighted by Gasteiger charge is 2.56. The minimum absolute atomic E-state index is 0.0110. The van der Waals surface area contributed by atoms with E-state index in [1.165, 1.54) is 6.92 Å². The second-order valence-corrected chi connectivity index (χ2v) is 7.12. The molecule has 0 bridgehead atoms. The van der Waals surface area contributed by atoms with Crippen molar-refractivity contribution >= 4 is 21.8 Å². The van der Waals surface area contributed by atoms with Gasteiger partial charge in [-0.15, -0.1) is 0 Å². The van der Waals surface area contributed by atoms with Crippen LogP contribution >= 0.6 is 0 Å². The number of hydrogen-bond acceptors (Lipinski definition) is 5. The van der Waals surface area contributed by atoms with E-state index >= 15 is 0 Å². The van der Waals surface area contributed by atoms with Crippen LogP contribution in [0.25, 0.3) is 0 Å². The molecule has 20 heavy (non-hydrogen) atoms. The van der Waals surface area contributed by atoms with E-state index in [1.807, 2.05) is 0 Å². The summed E-state index contributed by atoms with van der Waals surface area (Å²) in [6.07, 6.45) is -0.292. The zero-order valence-electron chi connectivity index (χ0n) is 11.3. The lowest BCUT2D eigenvalue weighted by atomic mass is 9.71. The summed E-state index contributed by atoms with van der Waals surface area (Å²) < 4.78 is 40.3. The van der Waals surface area contributed by atoms with Gasteiger partial charge in [-0.1, -0.05) is 0 Å². The van der Waals surface area contributed by atoms with Crippen LogP contribution in [0.1, 0.15) is 26.2 Å². The Kier molecular flexibility index (Phi) is 5.50. The van der Waals surface area contributed by atoms with E-state index in [2.05, 4.69) is 0 Å². The largest absolute Gasteiger partial charge is 0.480 e. The number of carbonyl (C=O) groups is 2. The fourth-order valence-corrected chi connectivity index (χ4v) is 4.51. The van der Waals surface area contributed by atoms with E-state index in [4.69, 9.17) is 4.74 Å². The Balaban J connectivity index is 3.16. The predicted octanol–water partition coefficient (Wildman–Crippen LogP) is 0.805. The Hall–Kier alpha value is -1.18. The quantitative estimate of drug-likeness (QED) is 0.552. The van der Waals surface area contributed by atoms with Crippen LogP contribution in [0.4, 0.5) is 4.39 Å². The van der Waals surface area contributed by atoms with Crippen molar-refractivity contribution < 1.29 is 32.2 Å². The molecule has 2 atom stereocenters. The molecule has 1 fully saturated rings. The highest BCUT2D eigenvalue weighted by atomic mass is 32.2. The van der Waals surface area contributed by atoms with Crippen molar-refractivity contribution in [3.8, 4) is 0 Å². The number of rotatable bonds is 7. The van der Waals surface area contributed by atoms with Gasteiger partial charge < -0.3 is 9.84 Å². The first kappa shape index (κ1) is 16.9. The number of aliphatic carboxylic acids is 1. The molecule has 0 aliphatic carbocycles. The van der Waals surface area contributed by atoms with Gasteiger partial charge in [0.05, 0.1) is 24.8 Å². The lowest BCUT2D eigenvalue weighted by molar-refractivity contribution is -0.173. The summed E-state index contributed by atoms with van der Waals surface area (Å²) >= 11 is 0. The molecule has 1 aliphatic heterocycles. The topological polar surface area (TPSA) is 97.7 Å². The van der Waals surface area contributed by atoms with Gasteiger partial charge in [0.15, 0.2) is 15.3 Å². The van der Waals surface area contributed by atoms with Gasteiger partial charge in [0.2, 0.25) is 0 Å². The third-order valence-corrected chi connectivity index (χ3v) is 5.42. The van der Waals surface area contributed by atoms with Crippen molar-refractivity contribution in [2.75, 3.05) is 24.8 Å². The van der Waals surface area contributed by atoms with Gasteiger partial charge in [-0.2, -0.15) is 0 Å². The van der Waals surface area contributed by atoms with Gasteiger partial charge in [-0.3, -0.25) is 14.0 Å². The number of halogens is 1. The van der Waals surface area contributed by atoms with Gasteiger partial charge in [0.1, 0.15) is 0 Å². The van der Waals surface area contributed by atoms with Crippen molar-refractivity contribution in [3.63, 3.8) is 0 Å². The number of carbonyl (C=O) groups excluding carboxylic acids is 1. The van der Waals surface area contributed by atoms with Crippen LogP contribution in [0.15, 0.2) is 0 Å².